The average molecular weight is 275 g/mol. The minimum absolute atomic E-state index is 0.359. The second-order valence-corrected chi connectivity index (χ2v) is 5.71. The van der Waals surface area contributed by atoms with E-state index >= 15 is 0 Å². The van der Waals surface area contributed by atoms with E-state index in [9.17, 15) is 0 Å². The molecule has 1 N–H and O–H groups in total. The molecule has 0 spiro atoms. The zero-order chi connectivity index (χ0) is 13.2. The maximum Gasteiger partial charge on any atom is 0.188 e. The fraction of sp³-hybridized carbons (Fsp3) is 0.462. The highest BCUT2D eigenvalue weighted by Gasteiger charge is 2.26. The topological polar surface area (TPSA) is 53.9 Å². The number of likely N-dealkylation sites (tertiary alicyclic amines) is 1. The number of anilines is 2. The highest BCUT2D eigenvalue weighted by atomic mass is 32.1. The van der Waals surface area contributed by atoms with Gasteiger partial charge in [-0.15, -0.1) is 11.3 Å². The Morgan fingerprint density at radius 2 is 2.21 bits per heavy atom. The van der Waals surface area contributed by atoms with E-state index in [0.717, 1.165) is 35.3 Å². The van der Waals surface area contributed by atoms with Crippen LogP contribution in [-0.2, 0) is 0 Å². The van der Waals surface area contributed by atoms with Crippen molar-refractivity contribution in [3.8, 4) is 0 Å². The van der Waals surface area contributed by atoms with Gasteiger partial charge in [-0.25, -0.2) is 9.97 Å². The molecule has 0 aliphatic carbocycles. The van der Waals surface area contributed by atoms with Crippen LogP contribution in [0.3, 0.4) is 0 Å². The molecule has 0 bridgehead atoms. The first-order chi connectivity index (χ1) is 9.24. The number of nitrogens with zero attached hydrogens (tertiary/aromatic N) is 4. The Morgan fingerprint density at radius 1 is 1.37 bits per heavy atom. The Balaban J connectivity index is 1.89. The summed E-state index contributed by atoms with van der Waals surface area (Å²) in [5, 5.41) is 6.20. The van der Waals surface area contributed by atoms with Crippen molar-refractivity contribution in [3.05, 3.63) is 29.2 Å². The lowest BCUT2D eigenvalue weighted by atomic mass is 10.1. The molecule has 0 radical (unpaired) electrons. The number of hydrogen-bond acceptors (Lipinski definition) is 6. The maximum atomic E-state index is 4.52. The molecule has 100 valence electrons. The van der Waals surface area contributed by atoms with Crippen molar-refractivity contribution in [3.63, 3.8) is 0 Å². The SMILES string of the molecule is Cc1csc(Nc2nccnc2C2CCCN2C)n1. The molecule has 3 rings (SSSR count). The summed E-state index contributed by atoms with van der Waals surface area (Å²) in [6.07, 6.45) is 5.84. The van der Waals surface area contributed by atoms with Crippen molar-refractivity contribution in [1.82, 2.24) is 19.9 Å². The first kappa shape index (κ1) is 12.5. The van der Waals surface area contributed by atoms with Gasteiger partial charge in [-0.05, 0) is 33.4 Å². The van der Waals surface area contributed by atoms with Crippen LogP contribution in [0.25, 0.3) is 0 Å². The summed E-state index contributed by atoms with van der Waals surface area (Å²) in [7, 11) is 2.14. The van der Waals surface area contributed by atoms with E-state index in [0.29, 0.717) is 6.04 Å². The molecule has 0 aromatic carbocycles. The molecule has 1 atom stereocenters. The fourth-order valence-electron chi connectivity index (χ4n) is 2.46. The van der Waals surface area contributed by atoms with Crippen LogP contribution in [0.5, 0.6) is 0 Å². The summed E-state index contributed by atoms with van der Waals surface area (Å²) in [6, 6.07) is 0.359. The van der Waals surface area contributed by atoms with Gasteiger partial charge in [0.15, 0.2) is 10.9 Å². The van der Waals surface area contributed by atoms with E-state index in [1.807, 2.05) is 12.3 Å². The van der Waals surface area contributed by atoms with Gasteiger partial charge in [-0.3, -0.25) is 9.88 Å². The average Bonchev–Trinajstić information content (AvgIpc) is 2.99. The van der Waals surface area contributed by atoms with Crippen molar-refractivity contribution in [1.29, 1.82) is 0 Å². The zero-order valence-corrected chi connectivity index (χ0v) is 11.9. The second kappa shape index (κ2) is 5.22. The molecule has 2 aromatic heterocycles. The van der Waals surface area contributed by atoms with Gasteiger partial charge >= 0.3 is 0 Å². The molecule has 5 nitrogen and oxygen atoms in total. The molecule has 6 heteroatoms. The molecule has 0 amide bonds. The molecular weight excluding hydrogens is 258 g/mol. The van der Waals surface area contributed by atoms with Gasteiger partial charge in [0.2, 0.25) is 0 Å². The van der Waals surface area contributed by atoms with Gasteiger partial charge < -0.3 is 5.32 Å². The molecule has 0 saturated carbocycles. The third-order valence-corrected chi connectivity index (χ3v) is 4.28. The van der Waals surface area contributed by atoms with Crippen LogP contribution in [0, 0.1) is 6.92 Å². The van der Waals surface area contributed by atoms with Gasteiger partial charge in [-0.1, -0.05) is 0 Å². The van der Waals surface area contributed by atoms with Crippen molar-refractivity contribution in [2.75, 3.05) is 18.9 Å². The summed E-state index contributed by atoms with van der Waals surface area (Å²) >= 11 is 1.59. The number of aryl methyl sites for hydroxylation is 1. The predicted octanol–water partition coefficient (Wildman–Crippen LogP) is 2.75. The third kappa shape index (κ3) is 2.59. The van der Waals surface area contributed by atoms with Gasteiger partial charge in [0, 0.05) is 17.8 Å². The lowest BCUT2D eigenvalue weighted by molar-refractivity contribution is 0.312. The number of aromatic nitrogens is 3. The van der Waals surface area contributed by atoms with E-state index in [4.69, 9.17) is 0 Å². The minimum Gasteiger partial charge on any atom is -0.315 e. The summed E-state index contributed by atoms with van der Waals surface area (Å²) in [5.74, 6) is 0.829. The largest absolute Gasteiger partial charge is 0.315 e. The van der Waals surface area contributed by atoms with Crippen molar-refractivity contribution in [2.24, 2.45) is 0 Å². The van der Waals surface area contributed by atoms with Crippen LogP contribution >= 0.6 is 11.3 Å². The zero-order valence-electron chi connectivity index (χ0n) is 11.1. The molecule has 1 aliphatic rings. The smallest absolute Gasteiger partial charge is 0.188 e. The van der Waals surface area contributed by atoms with Crippen LogP contribution in [0.4, 0.5) is 10.9 Å². The molecule has 19 heavy (non-hydrogen) atoms. The van der Waals surface area contributed by atoms with Crippen LogP contribution in [-0.4, -0.2) is 33.4 Å². The lowest BCUT2D eigenvalue weighted by Gasteiger charge is -2.20. The highest BCUT2D eigenvalue weighted by molar-refractivity contribution is 7.13. The van der Waals surface area contributed by atoms with Gasteiger partial charge in [0.25, 0.3) is 0 Å². The Morgan fingerprint density at radius 3 is 2.89 bits per heavy atom. The summed E-state index contributed by atoms with van der Waals surface area (Å²) < 4.78 is 0. The Hall–Kier alpha value is -1.53. The molecule has 1 fully saturated rings. The van der Waals surface area contributed by atoms with Crippen LogP contribution in [0.1, 0.15) is 30.3 Å². The van der Waals surface area contributed by atoms with Gasteiger partial charge in [0.05, 0.1) is 11.7 Å². The normalized spacial score (nSPS) is 19.8. The first-order valence-electron chi connectivity index (χ1n) is 6.44. The van der Waals surface area contributed by atoms with E-state index in [2.05, 4.69) is 32.2 Å². The number of nitrogens with one attached hydrogen (secondary N) is 1. The van der Waals surface area contributed by atoms with Crippen LogP contribution in [0.15, 0.2) is 17.8 Å². The maximum absolute atomic E-state index is 4.52. The van der Waals surface area contributed by atoms with Crippen molar-refractivity contribution in [2.45, 2.75) is 25.8 Å². The lowest BCUT2D eigenvalue weighted by Crippen LogP contribution is -2.20. The van der Waals surface area contributed by atoms with Crippen LogP contribution in [0.2, 0.25) is 0 Å². The molecule has 2 aromatic rings. The Labute approximate surface area is 116 Å². The van der Waals surface area contributed by atoms with E-state index in [1.54, 1.807) is 23.7 Å². The quantitative estimate of drug-likeness (QED) is 0.933. The molecule has 3 heterocycles. The molecule has 1 unspecified atom stereocenters. The minimum atomic E-state index is 0.359. The van der Waals surface area contributed by atoms with Crippen LogP contribution < -0.4 is 5.32 Å². The van der Waals surface area contributed by atoms with Crippen molar-refractivity contribution >= 4 is 22.3 Å². The highest BCUT2D eigenvalue weighted by Crippen LogP contribution is 2.33. The number of rotatable bonds is 3. The summed E-state index contributed by atoms with van der Waals surface area (Å²) in [5.41, 5.74) is 2.05. The standard InChI is InChI=1S/C13H17N5S/c1-9-8-19-13(16-9)17-12-11(14-5-6-15-12)10-4-3-7-18(10)2/h5-6,8,10H,3-4,7H2,1-2H3,(H,15,16,17). The van der Waals surface area contributed by atoms with E-state index in [1.165, 1.54) is 6.42 Å². The predicted molar refractivity (Wildman–Crippen MR) is 76.8 cm³/mol. The van der Waals surface area contributed by atoms with Crippen molar-refractivity contribution < 1.29 is 0 Å². The van der Waals surface area contributed by atoms with E-state index < -0.39 is 0 Å². The number of hydrogen-bond donors (Lipinski definition) is 1. The Bertz CT molecular complexity index is 568. The molecule has 1 saturated heterocycles. The number of thiazole rings is 1. The molecular formula is C13H17N5S. The second-order valence-electron chi connectivity index (χ2n) is 4.85. The molecule has 1 aliphatic heterocycles. The Kier molecular flexibility index (Phi) is 3.44. The third-order valence-electron chi connectivity index (χ3n) is 3.41. The summed E-state index contributed by atoms with van der Waals surface area (Å²) in [4.78, 5) is 15.7. The first-order valence-corrected chi connectivity index (χ1v) is 7.32. The summed E-state index contributed by atoms with van der Waals surface area (Å²) in [6.45, 7) is 3.11. The van der Waals surface area contributed by atoms with Gasteiger partial charge in [0.1, 0.15) is 5.69 Å². The van der Waals surface area contributed by atoms with Gasteiger partial charge in [-0.2, -0.15) is 0 Å². The monoisotopic (exact) mass is 275 g/mol. The van der Waals surface area contributed by atoms with E-state index in [-0.39, 0.29) is 0 Å². The fourth-order valence-corrected chi connectivity index (χ4v) is 3.14.